The maximum atomic E-state index is 5.92. The minimum absolute atomic E-state index is 0.206. The summed E-state index contributed by atoms with van der Waals surface area (Å²) < 4.78 is 5.63. The van der Waals surface area contributed by atoms with E-state index in [-0.39, 0.29) is 17.9 Å². The topological polar surface area (TPSA) is 99.1 Å². The fourth-order valence-corrected chi connectivity index (χ4v) is 2.64. The average molecular weight is 285 g/mol. The van der Waals surface area contributed by atoms with Gasteiger partial charge in [0.1, 0.15) is 0 Å². The molecule has 2 heterocycles. The predicted molar refractivity (Wildman–Crippen MR) is 82.9 cm³/mol. The number of hydrogen-bond acceptors (Lipinski definition) is 6. The van der Waals surface area contributed by atoms with Crippen molar-refractivity contribution in [3.8, 4) is 0 Å². The summed E-state index contributed by atoms with van der Waals surface area (Å²) in [6.45, 7) is 1.41. The lowest BCUT2D eigenvalue weighted by atomic mass is 9.88. The lowest BCUT2D eigenvalue weighted by molar-refractivity contribution is 0.0733. The molecule has 1 aromatic heterocycles. The van der Waals surface area contributed by atoms with Crippen LogP contribution in [0.5, 0.6) is 0 Å². The van der Waals surface area contributed by atoms with Crippen molar-refractivity contribution < 1.29 is 4.74 Å². The summed E-state index contributed by atoms with van der Waals surface area (Å²) in [4.78, 5) is 8.07. The van der Waals surface area contributed by atoms with E-state index in [9.17, 15) is 0 Å². The number of nitrogens with two attached hydrogens (primary N) is 2. The van der Waals surface area contributed by atoms with E-state index in [0.717, 1.165) is 13.0 Å². The van der Waals surface area contributed by atoms with Crippen LogP contribution in [0.4, 0.5) is 17.5 Å². The molecule has 2 atom stereocenters. The van der Waals surface area contributed by atoms with Gasteiger partial charge in [0.15, 0.2) is 5.82 Å². The van der Waals surface area contributed by atoms with E-state index in [1.165, 1.54) is 11.8 Å². The van der Waals surface area contributed by atoms with Gasteiger partial charge in [-0.3, -0.25) is 0 Å². The molecule has 2 unspecified atom stereocenters. The lowest BCUT2D eigenvalue weighted by Crippen LogP contribution is -2.36. The third-order valence-electron chi connectivity index (χ3n) is 3.74. The zero-order valence-corrected chi connectivity index (χ0v) is 11.7. The zero-order valence-electron chi connectivity index (χ0n) is 11.7. The third-order valence-corrected chi connectivity index (χ3v) is 3.74. The van der Waals surface area contributed by atoms with Crippen molar-refractivity contribution in [3.63, 3.8) is 0 Å². The first-order valence-corrected chi connectivity index (χ1v) is 7.01. The van der Waals surface area contributed by atoms with Gasteiger partial charge in [-0.05, 0) is 12.0 Å². The number of aromatic nitrogens is 2. The summed E-state index contributed by atoms with van der Waals surface area (Å²) in [5.74, 6) is 1.07. The van der Waals surface area contributed by atoms with Crippen LogP contribution in [0.15, 0.2) is 36.5 Å². The van der Waals surface area contributed by atoms with Crippen molar-refractivity contribution in [2.24, 2.45) is 0 Å². The molecule has 0 saturated carbocycles. The van der Waals surface area contributed by atoms with Crippen molar-refractivity contribution in [1.82, 2.24) is 9.97 Å². The van der Waals surface area contributed by atoms with Crippen molar-refractivity contribution in [3.05, 3.63) is 42.1 Å². The SMILES string of the molecule is Nc1ncc(N)c(NC2CCOCC2c2ccccc2)n1. The molecular weight excluding hydrogens is 266 g/mol. The molecule has 0 bridgehead atoms. The van der Waals surface area contributed by atoms with Gasteiger partial charge in [0, 0.05) is 18.6 Å². The monoisotopic (exact) mass is 285 g/mol. The first-order valence-electron chi connectivity index (χ1n) is 7.01. The number of hydrogen-bond donors (Lipinski definition) is 3. The molecular formula is C15H19N5O. The number of benzene rings is 1. The summed E-state index contributed by atoms with van der Waals surface area (Å²) in [6, 6.07) is 10.5. The van der Waals surface area contributed by atoms with Gasteiger partial charge in [-0.25, -0.2) is 4.98 Å². The number of rotatable bonds is 3. The van der Waals surface area contributed by atoms with Crippen LogP contribution in [0.2, 0.25) is 0 Å². The summed E-state index contributed by atoms with van der Waals surface area (Å²) >= 11 is 0. The van der Waals surface area contributed by atoms with Gasteiger partial charge in [0.2, 0.25) is 5.95 Å². The molecule has 1 aliphatic rings. The zero-order chi connectivity index (χ0) is 14.7. The minimum atomic E-state index is 0.206. The van der Waals surface area contributed by atoms with E-state index in [0.29, 0.717) is 18.1 Å². The second-order valence-corrected chi connectivity index (χ2v) is 5.16. The van der Waals surface area contributed by atoms with E-state index >= 15 is 0 Å². The number of nitrogens with zero attached hydrogens (tertiary/aromatic N) is 2. The Bertz CT molecular complexity index is 604. The van der Waals surface area contributed by atoms with E-state index in [2.05, 4.69) is 27.4 Å². The van der Waals surface area contributed by atoms with Crippen LogP contribution >= 0.6 is 0 Å². The Morgan fingerprint density at radius 3 is 2.81 bits per heavy atom. The quantitative estimate of drug-likeness (QED) is 0.792. The number of nitrogens with one attached hydrogen (secondary N) is 1. The first kappa shape index (κ1) is 13.6. The molecule has 5 N–H and O–H groups in total. The Kier molecular flexibility index (Phi) is 3.87. The van der Waals surface area contributed by atoms with Crippen LogP contribution in [-0.2, 0) is 4.74 Å². The van der Waals surface area contributed by atoms with Crippen LogP contribution in [0.3, 0.4) is 0 Å². The summed E-state index contributed by atoms with van der Waals surface area (Å²) in [5.41, 5.74) is 13.3. The molecule has 2 aromatic rings. The first-order chi connectivity index (χ1) is 10.2. The number of ether oxygens (including phenoxy) is 1. The highest BCUT2D eigenvalue weighted by Crippen LogP contribution is 2.29. The van der Waals surface area contributed by atoms with Crippen molar-refractivity contribution in [1.29, 1.82) is 0 Å². The average Bonchev–Trinajstić information content (AvgIpc) is 2.52. The normalized spacial score (nSPS) is 21.9. The van der Waals surface area contributed by atoms with Crippen LogP contribution in [0, 0.1) is 0 Å². The fraction of sp³-hybridized carbons (Fsp3) is 0.333. The molecule has 1 fully saturated rings. The second kappa shape index (κ2) is 5.97. The largest absolute Gasteiger partial charge is 0.394 e. The van der Waals surface area contributed by atoms with E-state index < -0.39 is 0 Å². The molecule has 0 amide bonds. The molecule has 21 heavy (non-hydrogen) atoms. The van der Waals surface area contributed by atoms with Crippen LogP contribution in [0.25, 0.3) is 0 Å². The highest BCUT2D eigenvalue weighted by molar-refractivity contribution is 5.61. The number of nitrogen functional groups attached to an aromatic ring is 2. The standard InChI is InChI=1S/C15H19N5O/c16-12-8-18-15(17)20-14(12)19-13-6-7-21-9-11(13)10-4-2-1-3-5-10/h1-5,8,11,13H,6-7,9,16H2,(H3,17,18,19,20). The molecule has 6 heteroatoms. The van der Waals surface area contributed by atoms with Gasteiger partial charge in [0.25, 0.3) is 0 Å². The van der Waals surface area contributed by atoms with Gasteiger partial charge < -0.3 is 21.5 Å². The van der Waals surface area contributed by atoms with Gasteiger partial charge in [-0.1, -0.05) is 30.3 Å². The Morgan fingerprint density at radius 2 is 2.00 bits per heavy atom. The molecule has 6 nitrogen and oxygen atoms in total. The Labute approximate surface area is 123 Å². The summed E-state index contributed by atoms with van der Waals surface area (Å²) in [6.07, 6.45) is 2.42. The van der Waals surface area contributed by atoms with E-state index in [4.69, 9.17) is 16.2 Å². The molecule has 1 aliphatic heterocycles. The maximum Gasteiger partial charge on any atom is 0.222 e. The maximum absolute atomic E-state index is 5.92. The molecule has 110 valence electrons. The molecule has 0 aliphatic carbocycles. The highest BCUT2D eigenvalue weighted by Gasteiger charge is 2.27. The van der Waals surface area contributed by atoms with Crippen LogP contribution < -0.4 is 16.8 Å². The van der Waals surface area contributed by atoms with E-state index in [1.807, 2.05) is 18.2 Å². The van der Waals surface area contributed by atoms with Crippen molar-refractivity contribution in [2.75, 3.05) is 30.0 Å². The molecule has 1 aromatic carbocycles. The summed E-state index contributed by atoms with van der Waals surface area (Å²) in [7, 11) is 0. The van der Waals surface area contributed by atoms with Crippen molar-refractivity contribution in [2.45, 2.75) is 18.4 Å². The van der Waals surface area contributed by atoms with Gasteiger partial charge in [-0.2, -0.15) is 4.98 Å². The Hall–Kier alpha value is -2.34. The number of anilines is 3. The van der Waals surface area contributed by atoms with Crippen LogP contribution in [0.1, 0.15) is 17.9 Å². The third kappa shape index (κ3) is 3.05. The molecule has 1 saturated heterocycles. The predicted octanol–water partition coefficient (Wildman–Crippen LogP) is 1.63. The molecule has 0 radical (unpaired) electrons. The Morgan fingerprint density at radius 1 is 1.19 bits per heavy atom. The smallest absolute Gasteiger partial charge is 0.222 e. The fourth-order valence-electron chi connectivity index (χ4n) is 2.64. The summed E-state index contributed by atoms with van der Waals surface area (Å²) in [5, 5.41) is 3.40. The Balaban J connectivity index is 1.83. The second-order valence-electron chi connectivity index (χ2n) is 5.16. The van der Waals surface area contributed by atoms with Gasteiger partial charge >= 0.3 is 0 Å². The van der Waals surface area contributed by atoms with E-state index in [1.54, 1.807) is 0 Å². The van der Waals surface area contributed by atoms with Gasteiger partial charge in [0.05, 0.1) is 18.5 Å². The van der Waals surface area contributed by atoms with Crippen molar-refractivity contribution >= 4 is 17.5 Å². The lowest BCUT2D eigenvalue weighted by Gasteiger charge is -2.33. The van der Waals surface area contributed by atoms with Gasteiger partial charge in [-0.15, -0.1) is 0 Å². The molecule has 0 spiro atoms. The minimum Gasteiger partial charge on any atom is -0.394 e. The molecule has 3 rings (SSSR count). The highest BCUT2D eigenvalue weighted by atomic mass is 16.5. The van der Waals surface area contributed by atoms with Crippen LogP contribution in [-0.4, -0.2) is 29.2 Å².